The van der Waals surface area contributed by atoms with Crippen LogP contribution in [-0.2, 0) is 0 Å². The summed E-state index contributed by atoms with van der Waals surface area (Å²) in [6, 6.07) is 5.64. The second kappa shape index (κ2) is 6.66. The van der Waals surface area contributed by atoms with Gasteiger partial charge in [-0.05, 0) is 39.3 Å². The van der Waals surface area contributed by atoms with Gasteiger partial charge in [0.25, 0.3) is 5.69 Å². The fraction of sp³-hybridized carbons (Fsp3) is 0.294. The van der Waals surface area contributed by atoms with Crippen LogP contribution in [0.15, 0.2) is 24.3 Å². The number of benzene rings is 1. The van der Waals surface area contributed by atoms with Crippen LogP contribution in [0, 0.1) is 24.0 Å². The third-order valence-corrected chi connectivity index (χ3v) is 3.75. The van der Waals surface area contributed by atoms with E-state index in [4.69, 9.17) is 4.74 Å². The summed E-state index contributed by atoms with van der Waals surface area (Å²) < 4.78 is 5.53. The number of Topliss-reactive ketones (excluding diaryl/α,β-unsaturated/α-hetero) is 2. The highest BCUT2D eigenvalue weighted by Gasteiger charge is 2.25. The summed E-state index contributed by atoms with van der Waals surface area (Å²) in [4.78, 5) is 37.4. The molecule has 1 aromatic heterocycles. The molecule has 0 fully saturated rings. The molecule has 0 aliphatic rings. The molecule has 0 aliphatic carbocycles. The Morgan fingerprint density at radius 3 is 2.50 bits per heavy atom. The number of ether oxygens (including phenoxy) is 1. The molecule has 0 aliphatic heterocycles. The van der Waals surface area contributed by atoms with Crippen molar-refractivity contribution in [3.63, 3.8) is 0 Å². The predicted molar refractivity (Wildman–Crippen MR) is 87.8 cm³/mol. The van der Waals surface area contributed by atoms with Crippen LogP contribution in [0.25, 0.3) is 0 Å². The molecule has 0 bridgehead atoms. The van der Waals surface area contributed by atoms with Gasteiger partial charge < -0.3 is 9.72 Å². The molecule has 2 aromatic rings. The number of H-pyrrole nitrogens is 1. The molecule has 1 atom stereocenters. The summed E-state index contributed by atoms with van der Waals surface area (Å²) in [5.74, 6) is -0.208. The lowest BCUT2D eigenvalue weighted by Crippen LogP contribution is -2.25. The molecule has 0 radical (unpaired) electrons. The van der Waals surface area contributed by atoms with Crippen molar-refractivity contribution in [2.45, 2.75) is 33.8 Å². The number of rotatable bonds is 6. The number of aromatic amines is 1. The lowest BCUT2D eigenvalue weighted by molar-refractivity contribution is -0.384. The molecule has 1 N–H and O–H groups in total. The van der Waals surface area contributed by atoms with E-state index < -0.39 is 11.0 Å². The third kappa shape index (κ3) is 3.34. The maximum absolute atomic E-state index is 12.6. The first-order valence-electron chi connectivity index (χ1n) is 7.37. The van der Waals surface area contributed by atoms with E-state index in [2.05, 4.69) is 4.98 Å². The fourth-order valence-corrected chi connectivity index (χ4v) is 2.66. The highest BCUT2D eigenvalue weighted by Crippen LogP contribution is 2.23. The van der Waals surface area contributed by atoms with Gasteiger partial charge in [-0.1, -0.05) is 6.07 Å². The van der Waals surface area contributed by atoms with Crippen molar-refractivity contribution >= 4 is 17.3 Å². The quantitative estimate of drug-likeness (QED) is 0.497. The van der Waals surface area contributed by atoms with E-state index in [1.165, 1.54) is 25.1 Å². The Hall–Kier alpha value is -2.96. The van der Waals surface area contributed by atoms with Crippen LogP contribution < -0.4 is 4.74 Å². The van der Waals surface area contributed by atoms with Gasteiger partial charge >= 0.3 is 0 Å². The number of hydrogen-bond donors (Lipinski definition) is 1. The zero-order chi connectivity index (χ0) is 18.0. The van der Waals surface area contributed by atoms with Crippen LogP contribution in [0.2, 0.25) is 0 Å². The van der Waals surface area contributed by atoms with Crippen molar-refractivity contribution in [3.05, 3.63) is 56.9 Å². The van der Waals surface area contributed by atoms with Gasteiger partial charge in [-0.15, -0.1) is 0 Å². The Bertz CT molecular complexity index is 822. The first-order chi connectivity index (χ1) is 11.2. The van der Waals surface area contributed by atoms with Gasteiger partial charge in [-0.2, -0.15) is 0 Å². The van der Waals surface area contributed by atoms with Crippen molar-refractivity contribution in [3.8, 4) is 5.75 Å². The summed E-state index contributed by atoms with van der Waals surface area (Å²) in [6.07, 6.45) is -0.858. The van der Waals surface area contributed by atoms with Crippen molar-refractivity contribution < 1.29 is 19.2 Å². The molecular formula is C17H18N2O5. The fourth-order valence-electron chi connectivity index (χ4n) is 2.66. The van der Waals surface area contributed by atoms with Gasteiger partial charge in [0.15, 0.2) is 11.9 Å². The van der Waals surface area contributed by atoms with Gasteiger partial charge in [0.2, 0.25) is 5.78 Å². The zero-order valence-corrected chi connectivity index (χ0v) is 13.9. The van der Waals surface area contributed by atoms with Crippen molar-refractivity contribution in [2.75, 3.05) is 0 Å². The number of carbonyl (C=O) groups excluding carboxylic acids is 2. The number of nitrogens with one attached hydrogen (secondary N) is 1. The molecule has 0 saturated heterocycles. The van der Waals surface area contributed by atoms with Crippen molar-refractivity contribution in [1.29, 1.82) is 0 Å². The van der Waals surface area contributed by atoms with Crippen LogP contribution in [-0.4, -0.2) is 27.6 Å². The number of non-ortho nitro benzene ring substituents is 1. The van der Waals surface area contributed by atoms with Crippen molar-refractivity contribution in [2.24, 2.45) is 0 Å². The van der Waals surface area contributed by atoms with Gasteiger partial charge in [0.05, 0.1) is 16.7 Å². The molecule has 1 heterocycles. The summed E-state index contributed by atoms with van der Waals surface area (Å²) in [5.41, 5.74) is 1.92. The number of carbonyl (C=O) groups is 2. The number of nitro benzene ring substituents is 1. The highest BCUT2D eigenvalue weighted by molar-refractivity contribution is 6.04. The van der Waals surface area contributed by atoms with Crippen LogP contribution in [0.1, 0.15) is 46.0 Å². The Morgan fingerprint density at radius 2 is 1.96 bits per heavy atom. The van der Waals surface area contributed by atoms with E-state index in [0.29, 0.717) is 22.5 Å². The highest BCUT2D eigenvalue weighted by atomic mass is 16.6. The second-order valence-electron chi connectivity index (χ2n) is 5.56. The molecule has 24 heavy (non-hydrogen) atoms. The summed E-state index contributed by atoms with van der Waals surface area (Å²) >= 11 is 0. The maximum atomic E-state index is 12.6. The van der Waals surface area contributed by atoms with Crippen LogP contribution >= 0.6 is 0 Å². The largest absolute Gasteiger partial charge is 0.482 e. The Labute approximate surface area is 138 Å². The average molecular weight is 330 g/mol. The number of nitrogens with zero attached hydrogens (tertiary/aromatic N) is 1. The minimum atomic E-state index is -0.858. The van der Waals surface area contributed by atoms with E-state index in [1.54, 1.807) is 26.8 Å². The summed E-state index contributed by atoms with van der Waals surface area (Å²) in [5, 5.41) is 10.8. The molecule has 7 nitrogen and oxygen atoms in total. The molecule has 0 spiro atoms. The number of hydrogen-bond acceptors (Lipinski definition) is 5. The lowest BCUT2D eigenvalue weighted by Gasteiger charge is -2.13. The first-order valence-corrected chi connectivity index (χ1v) is 7.37. The van der Waals surface area contributed by atoms with Gasteiger partial charge in [0, 0.05) is 17.3 Å². The van der Waals surface area contributed by atoms with E-state index in [9.17, 15) is 19.7 Å². The van der Waals surface area contributed by atoms with Gasteiger partial charge in [-0.25, -0.2) is 0 Å². The van der Waals surface area contributed by atoms with E-state index in [1.807, 2.05) is 0 Å². The molecule has 7 heteroatoms. The number of ketones is 2. The molecule has 2 rings (SSSR count). The van der Waals surface area contributed by atoms with E-state index >= 15 is 0 Å². The third-order valence-electron chi connectivity index (χ3n) is 3.75. The number of nitro groups is 1. The SMILES string of the molecule is CC(=O)c1c(C)[nH]c(C(=O)[C@H](C)Oc2cccc([N+](=O)[O-])c2)c1C. The maximum Gasteiger partial charge on any atom is 0.273 e. The molecule has 0 saturated carbocycles. The zero-order valence-electron chi connectivity index (χ0n) is 13.9. The van der Waals surface area contributed by atoms with Crippen LogP contribution in [0.4, 0.5) is 5.69 Å². The smallest absolute Gasteiger partial charge is 0.273 e. The summed E-state index contributed by atoms with van der Waals surface area (Å²) in [7, 11) is 0. The number of aryl methyl sites for hydroxylation is 1. The van der Waals surface area contributed by atoms with Crippen molar-refractivity contribution in [1.82, 2.24) is 4.98 Å². The Morgan fingerprint density at radius 1 is 1.29 bits per heavy atom. The van der Waals surface area contributed by atoms with Gasteiger partial charge in [-0.3, -0.25) is 19.7 Å². The minimum Gasteiger partial charge on any atom is -0.482 e. The Balaban J connectivity index is 2.25. The van der Waals surface area contributed by atoms with E-state index in [-0.39, 0.29) is 23.0 Å². The molecule has 0 unspecified atom stereocenters. The summed E-state index contributed by atoms with van der Waals surface area (Å²) in [6.45, 7) is 6.44. The average Bonchev–Trinajstić information content (AvgIpc) is 2.81. The number of aromatic nitrogens is 1. The Kier molecular flexibility index (Phi) is 4.82. The monoisotopic (exact) mass is 330 g/mol. The van der Waals surface area contributed by atoms with Crippen LogP contribution in [0.3, 0.4) is 0 Å². The molecule has 0 amide bonds. The van der Waals surface area contributed by atoms with Crippen LogP contribution in [0.5, 0.6) is 5.75 Å². The molecule has 1 aromatic carbocycles. The molecule has 126 valence electrons. The lowest BCUT2D eigenvalue weighted by atomic mass is 10.0. The minimum absolute atomic E-state index is 0.113. The first kappa shape index (κ1) is 17.4. The predicted octanol–water partition coefficient (Wildman–Crippen LogP) is 3.39. The second-order valence-corrected chi connectivity index (χ2v) is 5.56. The molecular weight excluding hydrogens is 312 g/mol. The topological polar surface area (TPSA) is 102 Å². The van der Waals surface area contributed by atoms with E-state index in [0.717, 1.165) is 0 Å². The standard InChI is InChI=1S/C17H18N2O5/c1-9-15(11(3)20)10(2)18-16(9)17(21)12(4)24-14-7-5-6-13(8-14)19(22)23/h5-8,12,18H,1-4H3/t12-/m0/s1. The van der Waals surface area contributed by atoms with Gasteiger partial charge in [0.1, 0.15) is 5.75 Å². The normalized spacial score (nSPS) is 11.8.